The number of hydrogen-bond acceptors (Lipinski definition) is 10. The highest BCUT2D eigenvalue weighted by Crippen LogP contribution is 2.43. The Morgan fingerprint density at radius 3 is 2.23 bits per heavy atom. The molecule has 0 spiro atoms. The monoisotopic (exact) mass is 894 g/mol. The van der Waals surface area contributed by atoms with Gasteiger partial charge in [0.1, 0.15) is 17.2 Å². The van der Waals surface area contributed by atoms with Gasteiger partial charge in [0.05, 0.1) is 15.4 Å². The van der Waals surface area contributed by atoms with Gasteiger partial charge in [0.2, 0.25) is 0 Å². The number of nitro benzene ring substituents is 1. The first-order valence-corrected chi connectivity index (χ1v) is 22.7. The van der Waals surface area contributed by atoms with Crippen LogP contribution in [0.1, 0.15) is 61.9 Å². The molecule has 4 aromatic rings. The maximum atomic E-state index is 13.9. The number of halogens is 3. The largest absolute Gasteiger partial charge is 0.456 e. The molecule has 16 heteroatoms. The van der Waals surface area contributed by atoms with Crippen LogP contribution in [0.25, 0.3) is 5.57 Å². The van der Waals surface area contributed by atoms with E-state index < -0.39 is 31.4 Å². The van der Waals surface area contributed by atoms with Gasteiger partial charge in [-0.3, -0.25) is 19.8 Å². The number of carbonyl (C=O) groups excluding carboxylic acids is 1. The Morgan fingerprint density at radius 2 is 1.57 bits per heavy atom. The highest BCUT2D eigenvalue weighted by Gasteiger charge is 2.31. The van der Waals surface area contributed by atoms with E-state index in [-0.39, 0.29) is 34.2 Å². The van der Waals surface area contributed by atoms with E-state index in [4.69, 9.17) is 39.5 Å². The molecule has 7 rings (SSSR count). The minimum atomic E-state index is -4.56. The molecule has 12 nitrogen and oxygen atoms in total. The van der Waals surface area contributed by atoms with Gasteiger partial charge in [-0.25, -0.2) is 13.1 Å². The maximum Gasteiger partial charge on any atom is 0.293 e. The molecule has 2 aliphatic heterocycles. The molecule has 1 amide bonds. The molecule has 0 unspecified atom stereocenters. The zero-order valence-electron chi connectivity index (χ0n) is 33.8. The van der Waals surface area contributed by atoms with E-state index in [2.05, 4.69) is 50.7 Å². The molecule has 0 radical (unpaired) electrons. The Labute approximate surface area is 366 Å². The molecular weight excluding hydrogens is 847 g/mol. The quantitative estimate of drug-likeness (QED) is 0.105. The summed E-state index contributed by atoms with van der Waals surface area (Å²) in [6.07, 6.45) is 4.75. The number of ether oxygens (including phenoxy) is 1. The molecule has 60 heavy (non-hydrogen) atoms. The third kappa shape index (κ3) is 10.7. The number of benzene rings is 4. The molecular formula is C44H49Cl3N6O6S. The second kappa shape index (κ2) is 18.3. The van der Waals surface area contributed by atoms with Crippen LogP contribution >= 0.6 is 34.8 Å². The van der Waals surface area contributed by atoms with Gasteiger partial charge in [-0.1, -0.05) is 66.4 Å². The summed E-state index contributed by atoms with van der Waals surface area (Å²) >= 11 is 18.8. The van der Waals surface area contributed by atoms with Crippen LogP contribution in [-0.2, 0) is 10.0 Å². The zero-order valence-corrected chi connectivity index (χ0v) is 36.9. The molecule has 2 N–H and O–H groups in total. The topological polar surface area (TPSA) is 137 Å². The average molecular weight is 896 g/mol. The standard InChI is InChI=1S/C44H49Cl3N6O6S/c1-44(2)15-12-30(39(27-44)29-4-6-31(45)7-5-29)28-51-18-20-52(21-19-51)35-8-10-38(42(25-35)59-36-23-32(46)22-33(47)24-36)43(54)49-60(57,58)37-9-11-40(41(26-37)53(55)56)48-34-13-16-50(3)17-14-34/h4-11,22-26,34,48H,12-21,27-28H2,1-3H3,(H,49,54). The molecule has 1 aliphatic carbocycles. The van der Waals surface area contributed by atoms with Gasteiger partial charge in [0.25, 0.3) is 21.6 Å². The van der Waals surface area contributed by atoms with E-state index in [0.717, 1.165) is 81.6 Å². The van der Waals surface area contributed by atoms with Crippen LogP contribution in [0.2, 0.25) is 15.1 Å². The Morgan fingerprint density at radius 1 is 0.883 bits per heavy atom. The Balaban J connectivity index is 1.09. The molecule has 2 heterocycles. The summed E-state index contributed by atoms with van der Waals surface area (Å²) in [5, 5.41) is 16.6. The van der Waals surface area contributed by atoms with Crippen LogP contribution in [0.5, 0.6) is 11.5 Å². The number of piperidine rings is 1. The van der Waals surface area contributed by atoms with Crippen LogP contribution in [-0.4, -0.2) is 88.0 Å². The Bertz CT molecular complexity index is 2380. The van der Waals surface area contributed by atoms with Gasteiger partial charge in [0, 0.05) is 71.7 Å². The number of allylic oxidation sites excluding steroid dienone is 1. The van der Waals surface area contributed by atoms with Crippen LogP contribution in [0.4, 0.5) is 17.1 Å². The van der Waals surface area contributed by atoms with Gasteiger partial charge < -0.3 is 19.9 Å². The van der Waals surface area contributed by atoms with Crippen molar-refractivity contribution < 1.29 is 22.9 Å². The molecule has 0 saturated carbocycles. The lowest BCUT2D eigenvalue weighted by atomic mass is 9.72. The minimum Gasteiger partial charge on any atom is -0.456 e. The van der Waals surface area contributed by atoms with E-state index in [1.165, 1.54) is 47.0 Å². The summed E-state index contributed by atoms with van der Waals surface area (Å²) in [4.78, 5) is 31.7. The van der Waals surface area contributed by atoms with E-state index in [1.54, 1.807) is 18.2 Å². The smallest absolute Gasteiger partial charge is 0.293 e. The Hall–Kier alpha value is -4.37. The molecule has 4 aromatic carbocycles. The highest BCUT2D eigenvalue weighted by molar-refractivity contribution is 7.90. The SMILES string of the molecule is CN1CCC(Nc2ccc(S(=O)(=O)NC(=O)c3ccc(N4CCN(CC5=C(c6ccc(Cl)cc6)CC(C)(C)CC5)CC4)cc3Oc3cc(Cl)cc(Cl)c3)cc2[N+](=O)[O-])CC1. The Kier molecular flexibility index (Phi) is 13.3. The number of piperazine rings is 1. The fourth-order valence-electron chi connectivity index (χ4n) is 8.15. The van der Waals surface area contributed by atoms with Crippen molar-refractivity contribution in [2.45, 2.75) is 56.9 Å². The lowest BCUT2D eigenvalue weighted by Crippen LogP contribution is -2.47. The summed E-state index contributed by atoms with van der Waals surface area (Å²) in [6.45, 7) is 10.2. The first-order chi connectivity index (χ1) is 28.5. The van der Waals surface area contributed by atoms with Gasteiger partial charge in [-0.05, 0) is 123 Å². The van der Waals surface area contributed by atoms with Crippen molar-refractivity contribution in [3.05, 3.63) is 121 Å². The lowest BCUT2D eigenvalue weighted by Gasteiger charge is -2.39. The number of hydrogen-bond donors (Lipinski definition) is 2. The number of carbonyl (C=O) groups is 1. The first kappa shape index (κ1) is 43.7. The minimum absolute atomic E-state index is 0.00250. The predicted octanol–water partition coefficient (Wildman–Crippen LogP) is 9.76. The third-order valence-electron chi connectivity index (χ3n) is 11.6. The maximum absolute atomic E-state index is 13.9. The van der Waals surface area contributed by atoms with Gasteiger partial charge >= 0.3 is 0 Å². The first-order valence-electron chi connectivity index (χ1n) is 20.0. The second-order valence-corrected chi connectivity index (χ2v) is 19.7. The van der Waals surface area contributed by atoms with Crippen LogP contribution < -0.4 is 19.7 Å². The molecule has 0 aromatic heterocycles. The lowest BCUT2D eigenvalue weighted by molar-refractivity contribution is -0.384. The van der Waals surface area contributed by atoms with E-state index in [0.29, 0.717) is 23.1 Å². The predicted molar refractivity (Wildman–Crippen MR) is 240 cm³/mol. The van der Waals surface area contributed by atoms with Crippen molar-refractivity contribution >= 4 is 73.4 Å². The summed E-state index contributed by atoms with van der Waals surface area (Å²) in [7, 11) is -2.55. The summed E-state index contributed by atoms with van der Waals surface area (Å²) in [5.74, 6) is -0.659. The van der Waals surface area contributed by atoms with Gasteiger partial charge in [0.15, 0.2) is 0 Å². The summed E-state index contributed by atoms with van der Waals surface area (Å²) < 4.78 is 35.6. The summed E-state index contributed by atoms with van der Waals surface area (Å²) in [5.41, 5.74) is 4.81. The van der Waals surface area contributed by atoms with Crippen molar-refractivity contribution in [1.82, 2.24) is 14.5 Å². The van der Waals surface area contributed by atoms with Crippen LogP contribution in [0, 0.1) is 15.5 Å². The van der Waals surface area contributed by atoms with E-state index >= 15 is 0 Å². The van der Waals surface area contributed by atoms with Crippen molar-refractivity contribution in [1.29, 1.82) is 0 Å². The number of likely N-dealkylation sites (tertiary alicyclic amines) is 1. The van der Waals surface area contributed by atoms with E-state index in [9.17, 15) is 23.3 Å². The number of nitro groups is 1. The molecule has 0 bridgehead atoms. The van der Waals surface area contributed by atoms with Crippen molar-refractivity contribution in [2.75, 3.05) is 63.1 Å². The van der Waals surface area contributed by atoms with Gasteiger partial charge in [-0.15, -0.1) is 0 Å². The van der Waals surface area contributed by atoms with Crippen molar-refractivity contribution in [3.63, 3.8) is 0 Å². The highest BCUT2D eigenvalue weighted by atomic mass is 35.5. The van der Waals surface area contributed by atoms with Crippen molar-refractivity contribution in [2.24, 2.45) is 5.41 Å². The number of amides is 1. The summed E-state index contributed by atoms with van der Waals surface area (Å²) in [6, 6.07) is 21.3. The molecule has 2 fully saturated rings. The fraction of sp³-hybridized carbons (Fsp3) is 0.386. The average Bonchev–Trinajstić information content (AvgIpc) is 3.19. The van der Waals surface area contributed by atoms with Crippen molar-refractivity contribution in [3.8, 4) is 11.5 Å². The third-order valence-corrected chi connectivity index (χ3v) is 13.6. The normalized spacial score (nSPS) is 18.0. The molecule has 0 atom stereocenters. The number of rotatable bonds is 12. The fourth-order valence-corrected chi connectivity index (χ4v) is 9.77. The number of nitrogens with zero attached hydrogens (tertiary/aromatic N) is 4. The molecule has 2 saturated heterocycles. The molecule has 318 valence electrons. The number of nitrogens with one attached hydrogen (secondary N) is 2. The number of sulfonamides is 1. The zero-order chi connectivity index (χ0) is 42.8. The molecule has 3 aliphatic rings. The van der Waals surface area contributed by atoms with E-state index in [1.807, 2.05) is 19.2 Å². The van der Waals surface area contributed by atoms with Crippen LogP contribution in [0.3, 0.4) is 0 Å². The second-order valence-electron chi connectivity index (χ2n) is 16.7. The number of anilines is 2. The van der Waals surface area contributed by atoms with Crippen LogP contribution in [0.15, 0.2) is 89.3 Å². The van der Waals surface area contributed by atoms with Gasteiger partial charge in [-0.2, -0.15) is 0 Å².